The number of aryl methyl sites for hydroxylation is 2. The van der Waals surface area contributed by atoms with Gasteiger partial charge in [-0.25, -0.2) is 0 Å². The summed E-state index contributed by atoms with van der Waals surface area (Å²) < 4.78 is 12.5. The molecule has 0 atom stereocenters. The molecule has 0 heterocycles. The van der Waals surface area contributed by atoms with E-state index < -0.39 is 5.60 Å². The zero-order chi connectivity index (χ0) is 28.1. The van der Waals surface area contributed by atoms with Crippen molar-refractivity contribution < 1.29 is 14.6 Å². The molecule has 0 aliphatic heterocycles. The van der Waals surface area contributed by atoms with Crippen LogP contribution in [0.1, 0.15) is 38.9 Å². The number of hydrogen-bond donors (Lipinski definition) is 1. The average molecular weight is 570 g/mol. The lowest BCUT2D eigenvalue weighted by Gasteiger charge is -2.34. The first-order chi connectivity index (χ1) is 19.3. The molecular formula is C35H30Cl2O3. The molecule has 5 aromatic carbocycles. The van der Waals surface area contributed by atoms with E-state index in [1.165, 1.54) is 0 Å². The number of hydrogen-bond acceptors (Lipinski definition) is 3. The smallest absolute Gasteiger partial charge is 0.141 e. The van der Waals surface area contributed by atoms with Crippen molar-refractivity contribution in [2.24, 2.45) is 0 Å². The summed E-state index contributed by atoms with van der Waals surface area (Å²) in [5.74, 6) is 1.50. The summed E-state index contributed by atoms with van der Waals surface area (Å²) >= 11 is 12.5. The van der Waals surface area contributed by atoms with Gasteiger partial charge in [0.25, 0.3) is 0 Å². The van der Waals surface area contributed by atoms with Crippen molar-refractivity contribution in [1.29, 1.82) is 0 Å². The third-order valence-electron chi connectivity index (χ3n) is 6.95. The van der Waals surface area contributed by atoms with E-state index in [2.05, 4.69) is 0 Å². The molecule has 0 aliphatic rings. The van der Waals surface area contributed by atoms with Crippen molar-refractivity contribution in [3.05, 3.63) is 164 Å². The molecule has 0 saturated carbocycles. The van der Waals surface area contributed by atoms with Crippen molar-refractivity contribution >= 4 is 23.2 Å². The van der Waals surface area contributed by atoms with Gasteiger partial charge in [-0.3, -0.25) is 0 Å². The first-order valence-electron chi connectivity index (χ1n) is 13.1. The minimum absolute atomic E-state index is 0.250. The molecule has 5 rings (SSSR count). The summed E-state index contributed by atoms with van der Waals surface area (Å²) in [5.41, 5.74) is 4.45. The first-order valence-corrected chi connectivity index (χ1v) is 13.8. The van der Waals surface area contributed by atoms with Gasteiger partial charge < -0.3 is 14.6 Å². The van der Waals surface area contributed by atoms with E-state index in [0.29, 0.717) is 26.7 Å². The van der Waals surface area contributed by atoms with Gasteiger partial charge in [0.2, 0.25) is 0 Å². The van der Waals surface area contributed by atoms with E-state index in [4.69, 9.17) is 32.7 Å². The fourth-order valence-corrected chi connectivity index (χ4v) is 5.04. The van der Waals surface area contributed by atoms with Crippen LogP contribution >= 0.6 is 23.2 Å². The van der Waals surface area contributed by atoms with Crippen molar-refractivity contribution in [2.75, 3.05) is 0 Å². The van der Waals surface area contributed by atoms with Crippen LogP contribution in [0, 0.1) is 13.8 Å². The Balaban J connectivity index is 1.64. The fourth-order valence-electron chi connectivity index (χ4n) is 4.79. The Morgan fingerprint density at radius 3 is 1.30 bits per heavy atom. The lowest BCUT2D eigenvalue weighted by Crippen LogP contribution is -2.32. The van der Waals surface area contributed by atoms with Crippen LogP contribution in [0.5, 0.6) is 11.5 Å². The van der Waals surface area contributed by atoms with E-state index in [0.717, 1.165) is 33.8 Å². The minimum atomic E-state index is -1.55. The Morgan fingerprint density at radius 2 is 0.925 bits per heavy atom. The third kappa shape index (κ3) is 6.18. The van der Waals surface area contributed by atoms with Gasteiger partial charge in [0, 0.05) is 15.6 Å². The van der Waals surface area contributed by atoms with E-state index in [9.17, 15) is 5.11 Å². The van der Waals surface area contributed by atoms with Gasteiger partial charge in [-0.1, -0.05) is 101 Å². The summed E-state index contributed by atoms with van der Waals surface area (Å²) in [4.78, 5) is 0. The summed E-state index contributed by atoms with van der Waals surface area (Å²) in [6.07, 6.45) is 0. The Labute approximate surface area is 245 Å². The van der Waals surface area contributed by atoms with Crippen molar-refractivity contribution in [3.8, 4) is 11.5 Å². The Hall–Kier alpha value is -3.76. The second-order valence-electron chi connectivity index (χ2n) is 9.88. The minimum Gasteiger partial charge on any atom is -0.489 e. The highest BCUT2D eigenvalue weighted by Crippen LogP contribution is 2.41. The molecule has 0 saturated heterocycles. The maximum atomic E-state index is 12.8. The molecular weight excluding hydrogens is 539 g/mol. The zero-order valence-corrected chi connectivity index (χ0v) is 23.9. The van der Waals surface area contributed by atoms with Gasteiger partial charge in [0.15, 0.2) is 0 Å². The standard InChI is InChI=1S/C35H30Cl2O3/c1-24-6-18-32(19-7-24)39-22-26-4-3-5-27(23-40-33-20-8-25(2)9-21-33)34(26)35(38,28-10-14-30(36)15-11-28)29-12-16-31(37)17-13-29/h3-21,38H,22-23H2,1-2H3. The largest absolute Gasteiger partial charge is 0.489 e. The molecule has 0 amide bonds. The summed E-state index contributed by atoms with van der Waals surface area (Å²) in [5, 5.41) is 14.0. The fraction of sp³-hybridized carbons (Fsp3) is 0.143. The van der Waals surface area contributed by atoms with Gasteiger partial charge in [-0.2, -0.15) is 0 Å². The average Bonchev–Trinajstić information content (AvgIpc) is 2.97. The molecule has 1 N–H and O–H groups in total. The second kappa shape index (κ2) is 12.2. The molecule has 0 fully saturated rings. The highest BCUT2D eigenvalue weighted by molar-refractivity contribution is 6.30. The molecule has 0 radical (unpaired) electrons. The number of benzene rings is 5. The lowest BCUT2D eigenvalue weighted by molar-refractivity contribution is 0.120. The van der Waals surface area contributed by atoms with Crippen LogP contribution < -0.4 is 9.47 Å². The van der Waals surface area contributed by atoms with Crippen molar-refractivity contribution in [1.82, 2.24) is 0 Å². The molecule has 202 valence electrons. The van der Waals surface area contributed by atoms with Crippen LogP contribution in [0.15, 0.2) is 115 Å². The SMILES string of the molecule is Cc1ccc(OCc2cccc(COc3ccc(C)cc3)c2C(O)(c2ccc(Cl)cc2)c2ccc(Cl)cc2)cc1. The molecule has 40 heavy (non-hydrogen) atoms. The van der Waals surface area contributed by atoms with Crippen molar-refractivity contribution in [3.63, 3.8) is 0 Å². The first kappa shape index (κ1) is 27.8. The summed E-state index contributed by atoms with van der Waals surface area (Å²) in [6.45, 7) is 4.58. The molecule has 0 bridgehead atoms. The second-order valence-corrected chi connectivity index (χ2v) is 10.8. The molecule has 3 nitrogen and oxygen atoms in total. The predicted octanol–water partition coefficient (Wildman–Crippen LogP) is 9.05. The normalized spacial score (nSPS) is 11.3. The Kier molecular flexibility index (Phi) is 8.46. The topological polar surface area (TPSA) is 38.7 Å². The van der Waals surface area contributed by atoms with Gasteiger partial charge >= 0.3 is 0 Å². The highest BCUT2D eigenvalue weighted by atomic mass is 35.5. The van der Waals surface area contributed by atoms with E-state index >= 15 is 0 Å². The van der Waals surface area contributed by atoms with E-state index in [1.54, 1.807) is 24.3 Å². The molecule has 0 unspecified atom stereocenters. The van der Waals surface area contributed by atoms with Gasteiger partial charge in [0.05, 0.1) is 0 Å². The quantitative estimate of drug-likeness (QED) is 0.180. The Morgan fingerprint density at radius 1 is 0.550 bits per heavy atom. The van der Waals surface area contributed by atoms with E-state index in [1.807, 2.05) is 105 Å². The van der Waals surface area contributed by atoms with Gasteiger partial charge in [0.1, 0.15) is 30.3 Å². The monoisotopic (exact) mass is 568 g/mol. The summed E-state index contributed by atoms with van der Waals surface area (Å²) in [7, 11) is 0. The highest BCUT2D eigenvalue weighted by Gasteiger charge is 2.38. The number of ether oxygens (including phenoxy) is 2. The number of aliphatic hydroxyl groups is 1. The molecule has 5 aromatic rings. The predicted molar refractivity (Wildman–Crippen MR) is 162 cm³/mol. The van der Waals surface area contributed by atoms with E-state index in [-0.39, 0.29) is 13.2 Å². The molecule has 0 aromatic heterocycles. The maximum absolute atomic E-state index is 12.8. The van der Waals surface area contributed by atoms with Gasteiger partial charge in [-0.05, 0) is 84.6 Å². The van der Waals surface area contributed by atoms with Crippen LogP contribution in [0.3, 0.4) is 0 Å². The van der Waals surface area contributed by atoms with Gasteiger partial charge in [-0.15, -0.1) is 0 Å². The molecule has 0 spiro atoms. The van der Waals surface area contributed by atoms with Crippen LogP contribution in [0.2, 0.25) is 10.0 Å². The van der Waals surface area contributed by atoms with Crippen LogP contribution in [-0.4, -0.2) is 5.11 Å². The van der Waals surface area contributed by atoms with Crippen LogP contribution in [-0.2, 0) is 18.8 Å². The lowest BCUT2D eigenvalue weighted by atomic mass is 9.76. The number of rotatable bonds is 9. The Bertz CT molecular complexity index is 1450. The zero-order valence-electron chi connectivity index (χ0n) is 22.4. The van der Waals surface area contributed by atoms with Crippen LogP contribution in [0.4, 0.5) is 0 Å². The molecule has 0 aliphatic carbocycles. The third-order valence-corrected chi connectivity index (χ3v) is 7.46. The van der Waals surface area contributed by atoms with Crippen LogP contribution in [0.25, 0.3) is 0 Å². The summed E-state index contributed by atoms with van der Waals surface area (Å²) in [6, 6.07) is 36.3. The maximum Gasteiger partial charge on any atom is 0.141 e. The molecule has 5 heteroatoms. The number of halogens is 2. The van der Waals surface area contributed by atoms with Crippen molar-refractivity contribution in [2.45, 2.75) is 32.7 Å².